The van der Waals surface area contributed by atoms with E-state index < -0.39 is 17.5 Å². The lowest BCUT2D eigenvalue weighted by Crippen LogP contribution is -2.39. The summed E-state index contributed by atoms with van der Waals surface area (Å²) >= 11 is 0. The van der Waals surface area contributed by atoms with Gasteiger partial charge >= 0.3 is 0 Å². The van der Waals surface area contributed by atoms with Crippen LogP contribution in [0.2, 0.25) is 0 Å². The molecular weight excluding hydrogens is 426 g/mol. The van der Waals surface area contributed by atoms with Gasteiger partial charge in [0.1, 0.15) is 17.5 Å². The highest BCUT2D eigenvalue weighted by Crippen LogP contribution is 2.33. The van der Waals surface area contributed by atoms with E-state index >= 15 is 0 Å². The van der Waals surface area contributed by atoms with Crippen LogP contribution in [0.5, 0.6) is 0 Å². The number of halogens is 2. The van der Waals surface area contributed by atoms with Gasteiger partial charge in [-0.1, -0.05) is 12.1 Å². The number of nitrogens with one attached hydrogen (secondary N) is 1. The molecule has 2 aliphatic rings. The minimum atomic E-state index is -0.774. The van der Waals surface area contributed by atoms with E-state index in [4.69, 9.17) is 0 Å². The van der Waals surface area contributed by atoms with Crippen LogP contribution in [0.3, 0.4) is 0 Å². The Labute approximate surface area is 189 Å². The van der Waals surface area contributed by atoms with Gasteiger partial charge in [-0.15, -0.1) is 0 Å². The lowest BCUT2D eigenvalue weighted by Gasteiger charge is -2.30. The smallest absolute Gasteiger partial charge is 0.261 e. The van der Waals surface area contributed by atoms with Crippen LogP contribution in [0.4, 0.5) is 20.3 Å². The fourth-order valence-electron chi connectivity index (χ4n) is 4.29. The third-order valence-corrected chi connectivity index (χ3v) is 6.05. The number of rotatable bonds is 3. The number of fused-ring (bicyclic) bond motifs is 1. The molecule has 5 rings (SSSR count). The molecule has 0 saturated carbocycles. The van der Waals surface area contributed by atoms with Crippen LogP contribution in [0.1, 0.15) is 33.6 Å². The van der Waals surface area contributed by atoms with Gasteiger partial charge in [0.05, 0.1) is 11.3 Å². The van der Waals surface area contributed by atoms with Crippen molar-refractivity contribution in [1.29, 1.82) is 0 Å². The molecule has 168 valence electrons. The molecule has 6 nitrogen and oxygen atoms in total. The van der Waals surface area contributed by atoms with E-state index in [-0.39, 0.29) is 18.0 Å². The molecule has 0 spiro atoms. The molecule has 3 heterocycles. The predicted octanol–water partition coefficient (Wildman–Crippen LogP) is 4.34. The van der Waals surface area contributed by atoms with Crippen LogP contribution in [0.15, 0.2) is 54.7 Å². The van der Waals surface area contributed by atoms with Crippen molar-refractivity contribution in [3.8, 4) is 11.1 Å². The van der Waals surface area contributed by atoms with Crippen molar-refractivity contribution in [3.63, 3.8) is 0 Å². The number of pyridine rings is 1. The molecule has 2 aromatic carbocycles. The summed E-state index contributed by atoms with van der Waals surface area (Å²) in [4.78, 5) is 33.3. The molecule has 0 radical (unpaired) electrons. The zero-order valence-electron chi connectivity index (χ0n) is 17.9. The number of aromatic nitrogens is 1. The van der Waals surface area contributed by atoms with Crippen LogP contribution in [0.25, 0.3) is 11.1 Å². The van der Waals surface area contributed by atoms with Crippen molar-refractivity contribution in [2.24, 2.45) is 0 Å². The first-order valence-electron chi connectivity index (χ1n) is 10.9. The van der Waals surface area contributed by atoms with Crippen molar-refractivity contribution < 1.29 is 18.4 Å². The highest BCUT2D eigenvalue weighted by atomic mass is 19.1. The first kappa shape index (κ1) is 21.1. The molecule has 33 heavy (non-hydrogen) atoms. The van der Waals surface area contributed by atoms with Gasteiger partial charge in [0, 0.05) is 43.5 Å². The molecule has 0 aliphatic carbocycles. The summed E-state index contributed by atoms with van der Waals surface area (Å²) in [6, 6.07) is 11.9. The van der Waals surface area contributed by atoms with Crippen LogP contribution in [-0.4, -0.2) is 47.9 Å². The van der Waals surface area contributed by atoms with Gasteiger partial charge in [-0.3, -0.25) is 9.59 Å². The predicted molar refractivity (Wildman–Crippen MR) is 121 cm³/mol. The van der Waals surface area contributed by atoms with E-state index in [2.05, 4.69) is 10.3 Å². The maximum atomic E-state index is 14.2. The lowest BCUT2D eigenvalue weighted by atomic mass is 10.0. The number of anilines is 2. The van der Waals surface area contributed by atoms with E-state index in [9.17, 15) is 18.4 Å². The number of nitrogens with zero attached hydrogens (tertiary/aromatic N) is 3. The lowest BCUT2D eigenvalue weighted by molar-refractivity contribution is 0.0792. The topological polar surface area (TPSA) is 65.5 Å². The Kier molecular flexibility index (Phi) is 5.50. The van der Waals surface area contributed by atoms with Gasteiger partial charge < -0.3 is 15.1 Å². The molecular formula is C25H22F2N4O2. The van der Waals surface area contributed by atoms with Crippen LogP contribution < -0.4 is 10.2 Å². The van der Waals surface area contributed by atoms with E-state index in [1.807, 2.05) is 17.0 Å². The van der Waals surface area contributed by atoms with E-state index in [1.165, 1.54) is 4.90 Å². The third-order valence-electron chi connectivity index (χ3n) is 6.05. The highest BCUT2D eigenvalue weighted by molar-refractivity contribution is 6.08. The number of likely N-dealkylation sites (tertiary alicyclic amines) is 1. The first-order valence-corrected chi connectivity index (χ1v) is 10.9. The summed E-state index contributed by atoms with van der Waals surface area (Å²) in [6.07, 6.45) is 3.75. The number of benzene rings is 2. The molecule has 3 aromatic rings. The molecule has 1 fully saturated rings. The third kappa shape index (κ3) is 4.04. The number of hydrogen-bond acceptors (Lipinski definition) is 4. The summed E-state index contributed by atoms with van der Waals surface area (Å²) < 4.78 is 27.9. The molecule has 2 aliphatic heterocycles. The summed E-state index contributed by atoms with van der Waals surface area (Å²) in [5, 5.41) is 3.14. The van der Waals surface area contributed by atoms with Crippen LogP contribution in [0, 0.1) is 11.6 Å². The largest absolute Gasteiger partial charge is 0.367 e. The van der Waals surface area contributed by atoms with E-state index in [0.29, 0.717) is 23.6 Å². The Morgan fingerprint density at radius 1 is 0.879 bits per heavy atom. The van der Waals surface area contributed by atoms with Crippen LogP contribution in [-0.2, 0) is 0 Å². The standard InChI is InChI=1S/C25H22F2N4O2/c26-19-7-8-21(27)20(14-19)25(33)31-12-9-28-23-22(31)13-18(15-29-23)16-3-5-17(6-4-16)24(32)30-10-1-2-11-30/h3-8,13-15H,1-2,9-12H2,(H,28,29). The second-order valence-corrected chi connectivity index (χ2v) is 8.18. The fraction of sp³-hybridized carbons (Fsp3) is 0.240. The number of carbonyl (C=O) groups excluding carboxylic acids is 2. The van der Waals surface area contributed by atoms with Gasteiger partial charge in [-0.2, -0.15) is 0 Å². The molecule has 0 atom stereocenters. The Morgan fingerprint density at radius 2 is 1.64 bits per heavy atom. The van der Waals surface area contributed by atoms with Gasteiger partial charge in [-0.25, -0.2) is 13.8 Å². The second kappa shape index (κ2) is 8.61. The van der Waals surface area contributed by atoms with Crippen molar-refractivity contribution in [3.05, 3.63) is 77.5 Å². The molecule has 1 saturated heterocycles. The second-order valence-electron chi connectivity index (χ2n) is 8.18. The SMILES string of the molecule is O=C(c1ccc(-c2cnc3c(c2)N(C(=O)c2cc(F)ccc2F)CCN3)cc1)N1CCCC1. The monoisotopic (exact) mass is 448 g/mol. The molecule has 8 heteroatoms. The minimum absolute atomic E-state index is 0.0284. The van der Waals surface area contributed by atoms with Crippen molar-refractivity contribution in [2.45, 2.75) is 12.8 Å². The maximum Gasteiger partial charge on any atom is 0.261 e. The van der Waals surface area contributed by atoms with Gasteiger partial charge in [-0.05, 0) is 54.8 Å². The number of carbonyl (C=O) groups is 2. The average Bonchev–Trinajstić information content (AvgIpc) is 3.39. The summed E-state index contributed by atoms with van der Waals surface area (Å²) in [5.41, 5.74) is 2.38. The van der Waals surface area contributed by atoms with Crippen molar-refractivity contribution >= 4 is 23.3 Å². The Morgan fingerprint density at radius 3 is 2.39 bits per heavy atom. The molecule has 1 N–H and O–H groups in total. The molecule has 0 bridgehead atoms. The van der Waals surface area contributed by atoms with Crippen molar-refractivity contribution in [2.75, 3.05) is 36.4 Å². The van der Waals surface area contributed by atoms with Crippen LogP contribution >= 0.6 is 0 Å². The highest BCUT2D eigenvalue weighted by Gasteiger charge is 2.27. The zero-order chi connectivity index (χ0) is 22.9. The number of amides is 2. The number of hydrogen-bond donors (Lipinski definition) is 1. The Hall–Kier alpha value is -3.81. The van der Waals surface area contributed by atoms with Gasteiger partial charge in [0.15, 0.2) is 0 Å². The molecule has 0 unspecified atom stereocenters. The zero-order valence-corrected chi connectivity index (χ0v) is 17.9. The fourth-order valence-corrected chi connectivity index (χ4v) is 4.29. The van der Waals surface area contributed by atoms with Gasteiger partial charge in [0.2, 0.25) is 0 Å². The first-order chi connectivity index (χ1) is 16.0. The maximum absolute atomic E-state index is 14.2. The minimum Gasteiger partial charge on any atom is -0.367 e. The quantitative estimate of drug-likeness (QED) is 0.648. The average molecular weight is 448 g/mol. The molecule has 2 amide bonds. The van der Waals surface area contributed by atoms with E-state index in [0.717, 1.165) is 55.3 Å². The van der Waals surface area contributed by atoms with E-state index in [1.54, 1.807) is 24.4 Å². The Bertz CT molecular complexity index is 1220. The Balaban J connectivity index is 1.44. The summed E-state index contributed by atoms with van der Waals surface area (Å²) in [6.45, 7) is 2.31. The summed E-state index contributed by atoms with van der Waals surface area (Å²) in [5.74, 6) is -1.55. The van der Waals surface area contributed by atoms with Gasteiger partial charge in [0.25, 0.3) is 11.8 Å². The summed E-state index contributed by atoms with van der Waals surface area (Å²) in [7, 11) is 0. The normalized spacial score (nSPS) is 15.2. The van der Waals surface area contributed by atoms with Crippen molar-refractivity contribution in [1.82, 2.24) is 9.88 Å². The molecule has 1 aromatic heterocycles.